The van der Waals surface area contributed by atoms with Gasteiger partial charge in [-0.3, -0.25) is 0 Å². The number of H-pyrrole nitrogens is 1. The summed E-state index contributed by atoms with van der Waals surface area (Å²) in [5, 5.41) is 13.4. The van der Waals surface area contributed by atoms with E-state index in [0.717, 1.165) is 11.6 Å². The molecule has 0 unspecified atom stereocenters. The van der Waals surface area contributed by atoms with Crippen LogP contribution in [0.25, 0.3) is 11.0 Å². The Morgan fingerprint density at radius 3 is 2.77 bits per heavy atom. The molecule has 0 bridgehead atoms. The van der Waals surface area contributed by atoms with Crippen LogP contribution in [-0.2, 0) is 10.9 Å². The number of aromatic amines is 1. The van der Waals surface area contributed by atoms with Crippen LogP contribution >= 0.6 is 0 Å². The number of alkyl halides is 3. The highest BCUT2D eigenvalue weighted by Crippen LogP contribution is 2.38. The fourth-order valence-electron chi connectivity index (χ4n) is 3.32. The summed E-state index contributed by atoms with van der Waals surface area (Å²) in [4.78, 5) is 10.3. The quantitative estimate of drug-likeness (QED) is 0.581. The zero-order chi connectivity index (χ0) is 21.5. The van der Waals surface area contributed by atoms with Gasteiger partial charge in [0.25, 0.3) is 0 Å². The fraction of sp³-hybridized carbons (Fsp3) is 0.400. The highest BCUT2D eigenvalue weighted by molar-refractivity contribution is 5.88. The molecule has 0 fully saturated rings. The minimum absolute atomic E-state index is 0.0585. The fourth-order valence-corrected chi connectivity index (χ4v) is 3.32. The first-order chi connectivity index (χ1) is 14.1. The summed E-state index contributed by atoms with van der Waals surface area (Å²) in [6.07, 6.45) is -3.83. The van der Waals surface area contributed by atoms with Crippen molar-refractivity contribution in [1.29, 1.82) is 0 Å². The summed E-state index contributed by atoms with van der Waals surface area (Å²) in [5.41, 5.74) is -1.09. The number of benzene rings is 1. The van der Waals surface area contributed by atoms with Gasteiger partial charge in [0, 0.05) is 5.56 Å². The largest absolute Gasteiger partial charge is 0.490 e. The van der Waals surface area contributed by atoms with Gasteiger partial charge in [0.05, 0.1) is 23.6 Å². The lowest BCUT2D eigenvalue weighted by Crippen LogP contribution is -2.40. The van der Waals surface area contributed by atoms with Gasteiger partial charge in [0.1, 0.15) is 41.9 Å². The van der Waals surface area contributed by atoms with Crippen molar-refractivity contribution in [3.63, 3.8) is 0 Å². The lowest BCUT2D eigenvalue weighted by molar-refractivity contribution is -0.140. The Balaban J connectivity index is 1.70. The van der Waals surface area contributed by atoms with Crippen molar-refractivity contribution >= 4 is 16.9 Å². The molecule has 0 spiro atoms. The monoisotopic (exact) mass is 422 g/mol. The highest BCUT2D eigenvalue weighted by Gasteiger charge is 2.35. The van der Waals surface area contributed by atoms with Crippen molar-refractivity contribution in [1.82, 2.24) is 15.0 Å². The molecule has 0 aliphatic carbocycles. The number of nitrogens with zero attached hydrogens (tertiary/aromatic N) is 2. The maximum atomic E-state index is 13.1. The summed E-state index contributed by atoms with van der Waals surface area (Å²) in [6, 6.07) is 7.85. The van der Waals surface area contributed by atoms with Crippen LogP contribution < -0.4 is 10.1 Å². The summed E-state index contributed by atoms with van der Waals surface area (Å²) >= 11 is 0. The standard InChI is InChI=1S/C20H21F3N4O3/c1-19(2,28)9-30-14-8-29-13-6-4-3-5-11(13)16(14)27-18-12-7-15(20(21,22)23)26-17(12)24-10-25-18/h3-7,10,14,16,28H,8-9H2,1-2H3,(H2,24,25,26,27)/t14-,16-/m0/s1. The molecule has 3 heterocycles. The van der Waals surface area contributed by atoms with E-state index in [1.54, 1.807) is 13.8 Å². The maximum Gasteiger partial charge on any atom is 0.431 e. The van der Waals surface area contributed by atoms with Gasteiger partial charge in [-0.1, -0.05) is 18.2 Å². The second-order valence-corrected chi connectivity index (χ2v) is 7.80. The number of rotatable bonds is 5. The third kappa shape index (κ3) is 4.19. The van der Waals surface area contributed by atoms with Crippen LogP contribution in [0.3, 0.4) is 0 Å². The number of para-hydroxylation sites is 1. The third-order valence-corrected chi connectivity index (χ3v) is 4.70. The zero-order valence-corrected chi connectivity index (χ0v) is 16.3. The Kier molecular flexibility index (Phi) is 5.07. The second-order valence-electron chi connectivity index (χ2n) is 7.80. The normalized spacial score (nSPS) is 19.4. The Morgan fingerprint density at radius 1 is 1.27 bits per heavy atom. The molecule has 7 nitrogen and oxygen atoms in total. The van der Waals surface area contributed by atoms with E-state index in [4.69, 9.17) is 9.47 Å². The first-order valence-electron chi connectivity index (χ1n) is 9.35. The Hall–Kier alpha value is -2.85. The van der Waals surface area contributed by atoms with Gasteiger partial charge < -0.3 is 24.9 Å². The molecule has 2 aromatic heterocycles. The summed E-state index contributed by atoms with van der Waals surface area (Å²) in [5.74, 6) is 0.888. The molecular formula is C20H21F3N4O3. The van der Waals surface area contributed by atoms with Gasteiger partial charge in [-0.15, -0.1) is 0 Å². The lowest BCUT2D eigenvalue weighted by atomic mass is 9.97. The molecule has 1 aromatic carbocycles. The van der Waals surface area contributed by atoms with Crippen molar-refractivity contribution in [2.75, 3.05) is 18.5 Å². The first kappa shape index (κ1) is 20.4. The molecule has 0 radical (unpaired) electrons. The van der Waals surface area contributed by atoms with Gasteiger partial charge in [0.2, 0.25) is 0 Å². The van der Waals surface area contributed by atoms with Crippen molar-refractivity contribution in [2.24, 2.45) is 0 Å². The SMILES string of the molecule is CC(C)(O)CO[C@H]1COc2ccccc2[C@@H]1Nc1ncnc2[nH]c(C(F)(F)F)cc12. The second kappa shape index (κ2) is 7.44. The topological polar surface area (TPSA) is 92.3 Å². The number of nitrogens with one attached hydrogen (secondary N) is 2. The van der Waals surface area contributed by atoms with E-state index in [9.17, 15) is 18.3 Å². The van der Waals surface area contributed by atoms with E-state index < -0.39 is 29.6 Å². The van der Waals surface area contributed by atoms with Crippen LogP contribution in [0.1, 0.15) is 31.1 Å². The predicted molar refractivity (Wildman–Crippen MR) is 103 cm³/mol. The van der Waals surface area contributed by atoms with Crippen LogP contribution in [0.2, 0.25) is 0 Å². The van der Waals surface area contributed by atoms with Crippen LogP contribution in [-0.4, -0.2) is 45.0 Å². The molecule has 0 amide bonds. The van der Waals surface area contributed by atoms with E-state index in [1.807, 2.05) is 24.3 Å². The van der Waals surface area contributed by atoms with Crippen molar-refractivity contribution in [3.8, 4) is 5.75 Å². The Labute approximate surface area is 170 Å². The lowest BCUT2D eigenvalue weighted by Gasteiger charge is -2.35. The number of hydrogen-bond donors (Lipinski definition) is 3. The number of ether oxygens (including phenoxy) is 2. The van der Waals surface area contributed by atoms with Gasteiger partial charge in [-0.05, 0) is 26.0 Å². The van der Waals surface area contributed by atoms with Crippen LogP contribution in [0.5, 0.6) is 5.75 Å². The van der Waals surface area contributed by atoms with E-state index in [0.29, 0.717) is 5.75 Å². The Morgan fingerprint density at radius 2 is 2.03 bits per heavy atom. The Bertz CT molecular complexity index is 1050. The van der Waals surface area contributed by atoms with Crippen molar-refractivity contribution < 1.29 is 27.8 Å². The molecule has 30 heavy (non-hydrogen) atoms. The summed E-state index contributed by atoms with van der Waals surface area (Å²) in [7, 11) is 0. The highest BCUT2D eigenvalue weighted by atomic mass is 19.4. The van der Waals surface area contributed by atoms with Gasteiger partial charge in [-0.25, -0.2) is 9.97 Å². The number of halogens is 3. The van der Waals surface area contributed by atoms with E-state index in [-0.39, 0.29) is 30.1 Å². The first-order valence-corrected chi connectivity index (χ1v) is 9.35. The van der Waals surface area contributed by atoms with Gasteiger partial charge >= 0.3 is 6.18 Å². The number of aromatic nitrogens is 3. The smallest absolute Gasteiger partial charge is 0.431 e. The molecule has 1 aliphatic rings. The molecule has 4 rings (SSSR count). The molecule has 1 aliphatic heterocycles. The number of aliphatic hydroxyl groups is 1. The number of anilines is 1. The number of hydrogen-bond acceptors (Lipinski definition) is 6. The molecule has 3 N–H and O–H groups in total. The minimum atomic E-state index is -4.53. The van der Waals surface area contributed by atoms with Gasteiger partial charge in [0.15, 0.2) is 0 Å². The maximum absolute atomic E-state index is 13.1. The van der Waals surface area contributed by atoms with E-state index in [2.05, 4.69) is 20.3 Å². The molecule has 160 valence electrons. The molecular weight excluding hydrogens is 401 g/mol. The molecule has 0 saturated heterocycles. The molecule has 10 heteroatoms. The average molecular weight is 422 g/mol. The van der Waals surface area contributed by atoms with Crippen LogP contribution in [0.4, 0.5) is 19.0 Å². The van der Waals surface area contributed by atoms with E-state index in [1.165, 1.54) is 6.33 Å². The molecule has 3 aromatic rings. The molecule has 2 atom stereocenters. The van der Waals surface area contributed by atoms with Crippen molar-refractivity contribution in [2.45, 2.75) is 37.8 Å². The van der Waals surface area contributed by atoms with E-state index >= 15 is 0 Å². The van der Waals surface area contributed by atoms with Crippen LogP contribution in [0.15, 0.2) is 36.7 Å². The number of fused-ring (bicyclic) bond motifs is 2. The molecule has 0 saturated carbocycles. The van der Waals surface area contributed by atoms with Gasteiger partial charge in [-0.2, -0.15) is 13.2 Å². The average Bonchev–Trinajstić information content (AvgIpc) is 3.12. The minimum Gasteiger partial charge on any atom is -0.490 e. The zero-order valence-electron chi connectivity index (χ0n) is 16.3. The summed E-state index contributed by atoms with van der Waals surface area (Å²) in [6.45, 7) is 3.52. The van der Waals surface area contributed by atoms with Crippen LogP contribution in [0, 0.1) is 0 Å². The summed E-state index contributed by atoms with van der Waals surface area (Å²) < 4.78 is 51.0. The van der Waals surface area contributed by atoms with Crippen molar-refractivity contribution in [3.05, 3.63) is 47.9 Å². The third-order valence-electron chi connectivity index (χ3n) is 4.70. The predicted octanol–water partition coefficient (Wildman–Crippen LogP) is 3.68.